The Hall–Kier alpha value is -0.240. The zero-order chi connectivity index (χ0) is 11.0. The molecule has 0 aromatic rings. The Morgan fingerprint density at radius 1 is 1.14 bits per heavy atom. The first-order valence-electron chi connectivity index (χ1n) is 5.36. The molecule has 0 atom stereocenters. The molecule has 2 N–H and O–H groups in total. The molecule has 84 valence electrons. The smallest absolute Gasteiger partial charge is 0.223 e. The van der Waals surface area contributed by atoms with E-state index in [-0.39, 0.29) is 11.3 Å². The zero-order valence-electron chi connectivity index (χ0n) is 9.31. The minimum atomic E-state index is -0.341. The van der Waals surface area contributed by atoms with Crippen LogP contribution in [0.25, 0.3) is 0 Å². The summed E-state index contributed by atoms with van der Waals surface area (Å²) in [4.78, 5) is 11.0. The van der Waals surface area contributed by atoms with Crippen LogP contribution < -0.4 is 5.73 Å². The number of nitrogens with two attached hydrogens (primary N) is 1. The fourth-order valence-electron chi connectivity index (χ4n) is 1.31. The minimum Gasteiger partial charge on any atom is -0.369 e. The van der Waals surface area contributed by atoms with Crippen molar-refractivity contribution in [1.29, 1.82) is 0 Å². The number of alkyl halides is 1. The highest BCUT2D eigenvalue weighted by atomic mass is 35.5. The number of primary amides is 1. The number of unbranched alkanes of at least 4 members (excludes halogenated alkanes) is 4. The molecule has 14 heavy (non-hydrogen) atoms. The lowest BCUT2D eigenvalue weighted by Crippen LogP contribution is -2.31. The Balaban J connectivity index is 3.40. The second-order valence-electron chi connectivity index (χ2n) is 4.45. The first-order valence-corrected chi connectivity index (χ1v) is 5.90. The summed E-state index contributed by atoms with van der Waals surface area (Å²) in [6.45, 7) is 3.82. The van der Waals surface area contributed by atoms with Crippen LogP contribution >= 0.6 is 11.6 Å². The van der Waals surface area contributed by atoms with Crippen LogP contribution in [0.4, 0.5) is 0 Å². The van der Waals surface area contributed by atoms with Gasteiger partial charge in [-0.25, -0.2) is 0 Å². The highest BCUT2D eigenvalue weighted by Crippen LogP contribution is 2.23. The molecule has 0 saturated carbocycles. The molecular formula is C11H22ClNO. The molecule has 3 heteroatoms. The molecule has 0 aliphatic rings. The summed E-state index contributed by atoms with van der Waals surface area (Å²) in [5.74, 6) is 0.561. The van der Waals surface area contributed by atoms with Gasteiger partial charge in [0.05, 0.1) is 0 Å². The summed E-state index contributed by atoms with van der Waals surface area (Å²) in [6, 6.07) is 0. The average Bonchev–Trinajstić information content (AvgIpc) is 2.10. The molecule has 0 unspecified atom stereocenters. The van der Waals surface area contributed by atoms with E-state index in [9.17, 15) is 4.79 Å². The zero-order valence-corrected chi connectivity index (χ0v) is 10.1. The molecule has 0 spiro atoms. The fourth-order valence-corrected chi connectivity index (χ4v) is 1.50. The Morgan fingerprint density at radius 2 is 1.64 bits per heavy atom. The number of hydrogen-bond acceptors (Lipinski definition) is 1. The van der Waals surface area contributed by atoms with Gasteiger partial charge in [0.15, 0.2) is 0 Å². The number of rotatable bonds is 8. The number of amides is 1. The molecule has 0 aromatic carbocycles. The summed E-state index contributed by atoms with van der Waals surface area (Å²) >= 11 is 5.57. The van der Waals surface area contributed by atoms with E-state index in [1.807, 2.05) is 13.8 Å². The van der Waals surface area contributed by atoms with Crippen LogP contribution in [-0.4, -0.2) is 11.8 Å². The van der Waals surface area contributed by atoms with Gasteiger partial charge in [-0.2, -0.15) is 0 Å². The van der Waals surface area contributed by atoms with Crippen molar-refractivity contribution in [2.45, 2.75) is 52.4 Å². The molecule has 0 radical (unpaired) electrons. The van der Waals surface area contributed by atoms with Crippen molar-refractivity contribution in [1.82, 2.24) is 0 Å². The second-order valence-corrected chi connectivity index (χ2v) is 4.83. The standard InChI is InChI=1S/C11H22ClNO/c1-11(2,10(13)14)8-6-4-3-5-7-9-12/h3-9H2,1-2H3,(H2,13,14). The molecule has 0 bridgehead atoms. The summed E-state index contributed by atoms with van der Waals surface area (Å²) in [5, 5.41) is 0. The topological polar surface area (TPSA) is 43.1 Å². The van der Waals surface area contributed by atoms with Gasteiger partial charge in [0.25, 0.3) is 0 Å². The van der Waals surface area contributed by atoms with E-state index in [1.54, 1.807) is 0 Å². The predicted molar refractivity (Wildman–Crippen MR) is 61.4 cm³/mol. The van der Waals surface area contributed by atoms with E-state index in [0.29, 0.717) is 0 Å². The van der Waals surface area contributed by atoms with Gasteiger partial charge in [-0.1, -0.05) is 39.5 Å². The largest absolute Gasteiger partial charge is 0.369 e. The van der Waals surface area contributed by atoms with E-state index in [1.165, 1.54) is 19.3 Å². The minimum absolute atomic E-state index is 0.196. The van der Waals surface area contributed by atoms with Gasteiger partial charge in [-0.15, -0.1) is 11.6 Å². The van der Waals surface area contributed by atoms with Crippen LogP contribution in [0.2, 0.25) is 0 Å². The number of hydrogen-bond donors (Lipinski definition) is 1. The summed E-state index contributed by atoms with van der Waals surface area (Å²) in [5.41, 5.74) is 4.94. The molecule has 0 heterocycles. The van der Waals surface area contributed by atoms with Gasteiger partial charge in [-0.05, 0) is 12.8 Å². The van der Waals surface area contributed by atoms with Crippen molar-refractivity contribution in [3.8, 4) is 0 Å². The Labute approximate surface area is 92.2 Å². The quantitative estimate of drug-likeness (QED) is 0.495. The molecule has 0 aliphatic carbocycles. The first kappa shape index (κ1) is 13.8. The molecular weight excluding hydrogens is 198 g/mol. The fraction of sp³-hybridized carbons (Fsp3) is 0.909. The third-order valence-electron chi connectivity index (χ3n) is 2.60. The molecule has 0 fully saturated rings. The van der Waals surface area contributed by atoms with Gasteiger partial charge >= 0.3 is 0 Å². The number of carbonyl (C=O) groups excluding carboxylic acids is 1. The van der Waals surface area contributed by atoms with Crippen LogP contribution in [0.3, 0.4) is 0 Å². The maximum absolute atomic E-state index is 11.0. The number of halogens is 1. The lowest BCUT2D eigenvalue weighted by atomic mass is 9.86. The maximum atomic E-state index is 11.0. The summed E-state index contributed by atoms with van der Waals surface area (Å²) < 4.78 is 0. The third kappa shape index (κ3) is 6.25. The molecule has 0 aliphatic heterocycles. The summed E-state index contributed by atoms with van der Waals surface area (Å²) in [7, 11) is 0. The average molecular weight is 220 g/mol. The Kier molecular flexibility index (Phi) is 6.98. The van der Waals surface area contributed by atoms with Crippen molar-refractivity contribution in [2.24, 2.45) is 11.1 Å². The molecule has 0 saturated heterocycles. The van der Waals surface area contributed by atoms with Crippen LogP contribution in [-0.2, 0) is 4.79 Å². The summed E-state index contributed by atoms with van der Waals surface area (Å²) in [6.07, 6.45) is 6.65. The van der Waals surface area contributed by atoms with E-state index < -0.39 is 0 Å². The lowest BCUT2D eigenvalue weighted by molar-refractivity contribution is -0.126. The highest BCUT2D eigenvalue weighted by Gasteiger charge is 2.23. The van der Waals surface area contributed by atoms with Gasteiger partial charge in [-0.3, -0.25) is 4.79 Å². The monoisotopic (exact) mass is 219 g/mol. The third-order valence-corrected chi connectivity index (χ3v) is 2.87. The lowest BCUT2D eigenvalue weighted by Gasteiger charge is -2.19. The van der Waals surface area contributed by atoms with Gasteiger partial charge in [0, 0.05) is 11.3 Å². The second kappa shape index (κ2) is 7.10. The first-order chi connectivity index (χ1) is 6.50. The Bertz CT molecular complexity index is 169. The van der Waals surface area contributed by atoms with Crippen molar-refractivity contribution in [3.05, 3.63) is 0 Å². The van der Waals surface area contributed by atoms with Gasteiger partial charge < -0.3 is 5.73 Å². The molecule has 2 nitrogen and oxygen atoms in total. The SMILES string of the molecule is CC(C)(CCCCCCCCl)C(N)=O. The van der Waals surface area contributed by atoms with Crippen molar-refractivity contribution in [2.75, 3.05) is 5.88 Å². The molecule has 0 aromatic heterocycles. The van der Waals surface area contributed by atoms with Crippen molar-refractivity contribution in [3.63, 3.8) is 0 Å². The maximum Gasteiger partial charge on any atom is 0.223 e. The highest BCUT2D eigenvalue weighted by molar-refractivity contribution is 6.17. The van der Waals surface area contributed by atoms with Crippen molar-refractivity contribution >= 4 is 17.5 Å². The van der Waals surface area contributed by atoms with Crippen molar-refractivity contribution < 1.29 is 4.79 Å². The van der Waals surface area contributed by atoms with Crippen LogP contribution in [0.15, 0.2) is 0 Å². The van der Waals surface area contributed by atoms with E-state index in [0.717, 1.165) is 25.1 Å². The van der Waals surface area contributed by atoms with Crippen LogP contribution in [0, 0.1) is 5.41 Å². The van der Waals surface area contributed by atoms with Crippen LogP contribution in [0.5, 0.6) is 0 Å². The van der Waals surface area contributed by atoms with Crippen LogP contribution in [0.1, 0.15) is 52.4 Å². The van der Waals surface area contributed by atoms with Gasteiger partial charge in [0.1, 0.15) is 0 Å². The molecule has 1 amide bonds. The molecule has 0 rings (SSSR count). The van der Waals surface area contributed by atoms with E-state index in [4.69, 9.17) is 17.3 Å². The number of carbonyl (C=O) groups is 1. The van der Waals surface area contributed by atoms with E-state index >= 15 is 0 Å². The predicted octanol–water partition coefficient (Wildman–Crippen LogP) is 3.08. The van der Waals surface area contributed by atoms with Gasteiger partial charge in [0.2, 0.25) is 5.91 Å². The Morgan fingerprint density at radius 3 is 2.14 bits per heavy atom. The van der Waals surface area contributed by atoms with E-state index in [2.05, 4.69) is 0 Å². The normalized spacial score (nSPS) is 11.6.